The SMILES string of the molecule is Cc1ccc(-c2n[nH]c(=S)n2CC(=O)N[C@H](C)Cc2ccccc2Cl)cc1. The minimum Gasteiger partial charge on any atom is -0.352 e. The highest BCUT2D eigenvalue weighted by atomic mass is 35.5. The van der Waals surface area contributed by atoms with Gasteiger partial charge in [0.15, 0.2) is 10.6 Å². The number of amides is 1. The van der Waals surface area contributed by atoms with Crippen LogP contribution in [-0.4, -0.2) is 26.7 Å². The van der Waals surface area contributed by atoms with E-state index in [1.54, 1.807) is 4.57 Å². The molecular weight excluding hydrogens is 380 g/mol. The fourth-order valence-electron chi connectivity index (χ4n) is 2.90. The van der Waals surface area contributed by atoms with Gasteiger partial charge in [-0.2, -0.15) is 5.10 Å². The maximum Gasteiger partial charge on any atom is 0.240 e. The van der Waals surface area contributed by atoms with Gasteiger partial charge in [0.05, 0.1) is 0 Å². The molecule has 0 aliphatic carbocycles. The summed E-state index contributed by atoms with van der Waals surface area (Å²) in [6.45, 7) is 4.08. The summed E-state index contributed by atoms with van der Waals surface area (Å²) in [6.07, 6.45) is 0.660. The first kappa shape index (κ1) is 19.3. The predicted octanol–water partition coefficient (Wildman–Crippen LogP) is 4.32. The Balaban J connectivity index is 1.69. The number of aromatic amines is 1. The Morgan fingerprint density at radius 2 is 1.96 bits per heavy atom. The van der Waals surface area contributed by atoms with E-state index in [4.69, 9.17) is 23.8 Å². The molecule has 2 N–H and O–H groups in total. The van der Waals surface area contributed by atoms with Gasteiger partial charge in [-0.3, -0.25) is 14.5 Å². The predicted molar refractivity (Wildman–Crippen MR) is 110 cm³/mol. The Hall–Kier alpha value is -2.44. The van der Waals surface area contributed by atoms with Crippen molar-refractivity contribution in [3.63, 3.8) is 0 Å². The van der Waals surface area contributed by atoms with Crippen LogP contribution in [0.4, 0.5) is 0 Å². The van der Waals surface area contributed by atoms with Crippen LogP contribution in [0, 0.1) is 11.7 Å². The standard InChI is InChI=1S/C20H21ClN4OS/c1-13-7-9-15(10-8-13)19-23-24-20(27)25(19)12-18(26)22-14(2)11-16-5-3-4-6-17(16)21/h3-10,14H,11-12H2,1-2H3,(H,22,26)(H,24,27)/t14-/m1/s1. The number of carbonyl (C=O) groups excluding carboxylic acids is 1. The summed E-state index contributed by atoms with van der Waals surface area (Å²) in [4.78, 5) is 12.5. The normalized spacial score (nSPS) is 12.0. The first-order chi connectivity index (χ1) is 12.9. The van der Waals surface area contributed by atoms with Crippen LogP contribution in [0.15, 0.2) is 48.5 Å². The molecule has 0 radical (unpaired) electrons. The van der Waals surface area contributed by atoms with Crippen LogP contribution in [0.3, 0.4) is 0 Å². The number of aryl methyl sites for hydroxylation is 1. The first-order valence-corrected chi connectivity index (χ1v) is 9.47. The van der Waals surface area contributed by atoms with Crippen LogP contribution in [0.5, 0.6) is 0 Å². The lowest BCUT2D eigenvalue weighted by atomic mass is 10.1. The van der Waals surface area contributed by atoms with Gasteiger partial charge in [-0.15, -0.1) is 0 Å². The van der Waals surface area contributed by atoms with Crippen LogP contribution in [0.25, 0.3) is 11.4 Å². The molecule has 2 aromatic carbocycles. The van der Waals surface area contributed by atoms with Gasteiger partial charge in [-0.25, -0.2) is 0 Å². The summed E-state index contributed by atoms with van der Waals surface area (Å²) in [7, 11) is 0. The van der Waals surface area contributed by atoms with Crippen LogP contribution < -0.4 is 5.32 Å². The van der Waals surface area contributed by atoms with E-state index in [9.17, 15) is 4.79 Å². The maximum absolute atomic E-state index is 12.5. The maximum atomic E-state index is 12.5. The number of halogens is 1. The molecule has 3 aromatic rings. The molecule has 0 bridgehead atoms. The molecule has 27 heavy (non-hydrogen) atoms. The molecule has 1 atom stereocenters. The zero-order valence-corrected chi connectivity index (χ0v) is 16.8. The van der Waals surface area contributed by atoms with Crippen molar-refractivity contribution in [3.05, 3.63) is 69.5 Å². The summed E-state index contributed by atoms with van der Waals surface area (Å²) in [5.74, 6) is 0.523. The lowest BCUT2D eigenvalue weighted by Gasteiger charge is -2.15. The molecule has 140 valence electrons. The average molecular weight is 401 g/mol. The van der Waals surface area contributed by atoms with E-state index in [-0.39, 0.29) is 18.5 Å². The number of H-pyrrole nitrogens is 1. The van der Waals surface area contributed by atoms with E-state index in [2.05, 4.69) is 15.5 Å². The summed E-state index contributed by atoms with van der Waals surface area (Å²) in [6, 6.07) is 15.5. The molecular formula is C20H21ClN4OS. The zero-order chi connectivity index (χ0) is 19.4. The van der Waals surface area contributed by atoms with Crippen molar-refractivity contribution < 1.29 is 4.79 Å². The van der Waals surface area contributed by atoms with Crippen molar-refractivity contribution in [1.29, 1.82) is 0 Å². The van der Waals surface area contributed by atoms with Crippen LogP contribution in [0.1, 0.15) is 18.1 Å². The van der Waals surface area contributed by atoms with Crippen molar-refractivity contribution in [2.24, 2.45) is 0 Å². The lowest BCUT2D eigenvalue weighted by Crippen LogP contribution is -2.36. The average Bonchev–Trinajstić information content (AvgIpc) is 2.98. The number of hydrogen-bond acceptors (Lipinski definition) is 3. The van der Waals surface area contributed by atoms with E-state index in [0.29, 0.717) is 22.0 Å². The van der Waals surface area contributed by atoms with Gasteiger partial charge in [0, 0.05) is 16.6 Å². The minimum absolute atomic E-state index is 0.0544. The molecule has 0 unspecified atom stereocenters. The summed E-state index contributed by atoms with van der Waals surface area (Å²) in [5.41, 5.74) is 3.07. The highest BCUT2D eigenvalue weighted by molar-refractivity contribution is 7.71. The monoisotopic (exact) mass is 400 g/mol. The smallest absolute Gasteiger partial charge is 0.240 e. The summed E-state index contributed by atoms with van der Waals surface area (Å²) < 4.78 is 2.12. The van der Waals surface area contributed by atoms with Crippen LogP contribution in [-0.2, 0) is 17.8 Å². The van der Waals surface area contributed by atoms with Gasteiger partial charge in [0.1, 0.15) is 6.54 Å². The second kappa shape index (κ2) is 8.50. The molecule has 0 fully saturated rings. The van der Waals surface area contributed by atoms with Crippen LogP contribution >= 0.6 is 23.8 Å². The highest BCUT2D eigenvalue weighted by Crippen LogP contribution is 2.18. The van der Waals surface area contributed by atoms with Gasteiger partial charge in [0.25, 0.3) is 0 Å². The van der Waals surface area contributed by atoms with Crippen molar-refractivity contribution in [2.45, 2.75) is 32.9 Å². The number of carbonyl (C=O) groups is 1. The topological polar surface area (TPSA) is 62.7 Å². The third kappa shape index (κ3) is 4.84. The molecule has 1 amide bonds. The molecule has 0 saturated heterocycles. The van der Waals surface area contributed by atoms with Gasteiger partial charge in [-0.05, 0) is 44.1 Å². The number of hydrogen-bond donors (Lipinski definition) is 2. The molecule has 7 heteroatoms. The van der Waals surface area contributed by atoms with Gasteiger partial charge in [-0.1, -0.05) is 59.6 Å². The minimum atomic E-state index is -0.125. The number of aromatic nitrogens is 3. The van der Waals surface area contributed by atoms with E-state index >= 15 is 0 Å². The fraction of sp³-hybridized carbons (Fsp3) is 0.250. The Kier molecular flexibility index (Phi) is 6.08. The van der Waals surface area contributed by atoms with Gasteiger partial charge < -0.3 is 5.32 Å². The Morgan fingerprint density at radius 3 is 2.67 bits per heavy atom. The van der Waals surface area contributed by atoms with Crippen molar-refractivity contribution in [2.75, 3.05) is 0 Å². The third-order valence-electron chi connectivity index (χ3n) is 4.26. The molecule has 0 aliphatic heterocycles. The third-order valence-corrected chi connectivity index (χ3v) is 4.94. The van der Waals surface area contributed by atoms with Crippen molar-refractivity contribution in [3.8, 4) is 11.4 Å². The molecule has 1 aromatic heterocycles. The van der Waals surface area contributed by atoms with Crippen LogP contribution in [0.2, 0.25) is 5.02 Å². The van der Waals surface area contributed by atoms with E-state index in [0.717, 1.165) is 16.7 Å². The molecule has 0 spiro atoms. The second-order valence-corrected chi connectivity index (χ2v) is 7.36. The number of benzene rings is 2. The highest BCUT2D eigenvalue weighted by Gasteiger charge is 2.15. The van der Waals surface area contributed by atoms with E-state index in [1.807, 2.05) is 62.4 Å². The van der Waals surface area contributed by atoms with E-state index < -0.39 is 0 Å². The summed E-state index contributed by atoms with van der Waals surface area (Å²) in [5, 5.41) is 10.8. The number of rotatable bonds is 6. The van der Waals surface area contributed by atoms with Crippen molar-refractivity contribution in [1.82, 2.24) is 20.1 Å². The van der Waals surface area contributed by atoms with Gasteiger partial charge in [0.2, 0.25) is 5.91 Å². The lowest BCUT2D eigenvalue weighted by molar-refractivity contribution is -0.122. The molecule has 5 nitrogen and oxygen atoms in total. The van der Waals surface area contributed by atoms with Gasteiger partial charge >= 0.3 is 0 Å². The number of nitrogens with one attached hydrogen (secondary N) is 2. The van der Waals surface area contributed by atoms with Crippen molar-refractivity contribution >= 4 is 29.7 Å². The molecule has 0 saturated carbocycles. The Bertz CT molecular complexity index is 994. The Labute approximate surface area is 168 Å². The fourth-order valence-corrected chi connectivity index (χ4v) is 3.31. The second-order valence-electron chi connectivity index (χ2n) is 6.57. The Morgan fingerprint density at radius 1 is 1.26 bits per heavy atom. The zero-order valence-electron chi connectivity index (χ0n) is 15.2. The quantitative estimate of drug-likeness (QED) is 0.606. The molecule has 3 rings (SSSR count). The largest absolute Gasteiger partial charge is 0.352 e. The van der Waals surface area contributed by atoms with E-state index in [1.165, 1.54) is 0 Å². The molecule has 0 aliphatic rings. The first-order valence-electron chi connectivity index (χ1n) is 8.69. The number of nitrogens with zero attached hydrogens (tertiary/aromatic N) is 2. The summed E-state index contributed by atoms with van der Waals surface area (Å²) >= 11 is 11.5. The molecule has 1 heterocycles.